The summed E-state index contributed by atoms with van der Waals surface area (Å²) in [6.45, 7) is -1.72. The molecule has 2 saturated heterocycles. The smallest absolute Gasteiger partial charge is 0.406 e. The standard InChI is InChI=1S/C12H15F3N2O5/c13-12(14,15)6-16-4-7(3-9(16)18)10(19)17-1-2-22-5-8(17)11(20)21/h7-8H,1-6H2,(H,20,21). The molecule has 2 aliphatic heterocycles. The summed E-state index contributed by atoms with van der Waals surface area (Å²) in [4.78, 5) is 36.7. The normalized spacial score (nSPS) is 26.4. The first-order chi connectivity index (χ1) is 10.2. The highest BCUT2D eigenvalue weighted by Gasteiger charge is 2.44. The predicted molar refractivity (Wildman–Crippen MR) is 64.7 cm³/mol. The van der Waals surface area contributed by atoms with Gasteiger partial charge in [0.15, 0.2) is 6.04 Å². The van der Waals surface area contributed by atoms with E-state index in [1.165, 1.54) is 0 Å². The molecule has 2 unspecified atom stereocenters. The molecule has 2 amide bonds. The van der Waals surface area contributed by atoms with E-state index in [4.69, 9.17) is 9.84 Å². The van der Waals surface area contributed by atoms with E-state index in [0.717, 1.165) is 4.90 Å². The van der Waals surface area contributed by atoms with Crippen LogP contribution in [0, 0.1) is 5.92 Å². The monoisotopic (exact) mass is 324 g/mol. The van der Waals surface area contributed by atoms with Gasteiger partial charge in [-0.3, -0.25) is 9.59 Å². The summed E-state index contributed by atoms with van der Waals surface area (Å²) in [5.74, 6) is -3.57. The van der Waals surface area contributed by atoms with Gasteiger partial charge in [-0.1, -0.05) is 0 Å². The van der Waals surface area contributed by atoms with Gasteiger partial charge in [-0.15, -0.1) is 0 Å². The molecule has 2 fully saturated rings. The number of nitrogens with zero attached hydrogens (tertiary/aromatic N) is 2. The molecule has 2 rings (SSSR count). The third kappa shape index (κ3) is 3.67. The molecule has 124 valence electrons. The molecule has 0 aromatic carbocycles. The lowest BCUT2D eigenvalue weighted by Crippen LogP contribution is -2.54. The number of amides is 2. The van der Waals surface area contributed by atoms with E-state index in [1.54, 1.807) is 0 Å². The molecule has 0 aliphatic carbocycles. The largest absolute Gasteiger partial charge is 0.480 e. The second-order valence-corrected chi connectivity index (χ2v) is 5.25. The number of hydrogen-bond acceptors (Lipinski definition) is 4. The maximum absolute atomic E-state index is 12.3. The lowest BCUT2D eigenvalue weighted by Gasteiger charge is -2.34. The Morgan fingerprint density at radius 2 is 2.05 bits per heavy atom. The number of carbonyl (C=O) groups excluding carboxylic acids is 2. The fraction of sp³-hybridized carbons (Fsp3) is 0.750. The minimum Gasteiger partial charge on any atom is -0.480 e. The van der Waals surface area contributed by atoms with Crippen molar-refractivity contribution in [3.05, 3.63) is 0 Å². The number of carboxylic acid groups (broad SMARTS) is 1. The van der Waals surface area contributed by atoms with Crippen LogP contribution in [0.1, 0.15) is 6.42 Å². The summed E-state index contributed by atoms with van der Waals surface area (Å²) in [5.41, 5.74) is 0. The average molecular weight is 324 g/mol. The maximum atomic E-state index is 12.3. The molecule has 0 spiro atoms. The van der Waals surface area contributed by atoms with Gasteiger partial charge in [-0.2, -0.15) is 13.2 Å². The Morgan fingerprint density at radius 1 is 1.36 bits per heavy atom. The third-order valence-electron chi connectivity index (χ3n) is 3.63. The fourth-order valence-corrected chi connectivity index (χ4v) is 2.61. The molecule has 0 radical (unpaired) electrons. The molecule has 0 aromatic rings. The summed E-state index contributed by atoms with van der Waals surface area (Å²) in [6.07, 6.45) is -4.87. The molecule has 2 atom stereocenters. The number of rotatable bonds is 3. The average Bonchev–Trinajstić information content (AvgIpc) is 2.77. The number of morpholine rings is 1. The van der Waals surface area contributed by atoms with Crippen molar-refractivity contribution in [2.75, 3.05) is 32.8 Å². The first kappa shape index (κ1) is 16.5. The van der Waals surface area contributed by atoms with Crippen LogP contribution in [0.3, 0.4) is 0 Å². The van der Waals surface area contributed by atoms with Gasteiger partial charge >= 0.3 is 12.1 Å². The van der Waals surface area contributed by atoms with E-state index in [2.05, 4.69) is 0 Å². The van der Waals surface area contributed by atoms with Gasteiger partial charge in [-0.25, -0.2) is 4.79 Å². The first-order valence-corrected chi connectivity index (χ1v) is 6.64. The Labute approximate surface area is 123 Å². The summed E-state index contributed by atoms with van der Waals surface area (Å²) < 4.78 is 42.0. The Hall–Kier alpha value is -1.84. The van der Waals surface area contributed by atoms with Crippen molar-refractivity contribution in [1.29, 1.82) is 0 Å². The molecular weight excluding hydrogens is 309 g/mol. The Balaban J connectivity index is 2.04. The van der Waals surface area contributed by atoms with Crippen LogP contribution in [0.25, 0.3) is 0 Å². The van der Waals surface area contributed by atoms with Gasteiger partial charge in [0.2, 0.25) is 11.8 Å². The summed E-state index contributed by atoms with van der Waals surface area (Å²) in [7, 11) is 0. The molecule has 0 saturated carbocycles. The third-order valence-corrected chi connectivity index (χ3v) is 3.63. The van der Waals surface area contributed by atoms with Gasteiger partial charge in [0, 0.05) is 19.5 Å². The van der Waals surface area contributed by atoms with Crippen molar-refractivity contribution in [2.45, 2.75) is 18.6 Å². The van der Waals surface area contributed by atoms with Crippen molar-refractivity contribution in [3.8, 4) is 0 Å². The van der Waals surface area contributed by atoms with Crippen LogP contribution in [-0.4, -0.2) is 77.8 Å². The zero-order valence-corrected chi connectivity index (χ0v) is 11.5. The lowest BCUT2D eigenvalue weighted by molar-refractivity contribution is -0.161. The van der Waals surface area contributed by atoms with Crippen LogP contribution >= 0.6 is 0 Å². The highest BCUT2D eigenvalue weighted by molar-refractivity contribution is 5.91. The molecule has 10 heteroatoms. The van der Waals surface area contributed by atoms with Crippen molar-refractivity contribution in [1.82, 2.24) is 9.80 Å². The van der Waals surface area contributed by atoms with E-state index >= 15 is 0 Å². The van der Waals surface area contributed by atoms with Crippen LogP contribution in [0.5, 0.6) is 0 Å². The minimum atomic E-state index is -4.53. The first-order valence-electron chi connectivity index (χ1n) is 6.64. The van der Waals surface area contributed by atoms with Gasteiger partial charge in [-0.05, 0) is 0 Å². The number of halogens is 3. The van der Waals surface area contributed by atoms with Crippen LogP contribution in [0.4, 0.5) is 13.2 Å². The Kier molecular flexibility index (Phi) is 4.59. The summed E-state index contributed by atoms with van der Waals surface area (Å²) in [6, 6.07) is -1.17. The zero-order chi connectivity index (χ0) is 16.5. The van der Waals surface area contributed by atoms with Crippen molar-refractivity contribution >= 4 is 17.8 Å². The number of ether oxygens (including phenoxy) is 1. The second kappa shape index (κ2) is 6.11. The molecule has 0 aromatic heterocycles. The number of likely N-dealkylation sites (tertiary alicyclic amines) is 1. The molecule has 2 aliphatic rings. The summed E-state index contributed by atoms with van der Waals surface area (Å²) >= 11 is 0. The maximum Gasteiger partial charge on any atom is 0.406 e. The summed E-state index contributed by atoms with van der Waals surface area (Å²) in [5, 5.41) is 9.06. The molecule has 0 bridgehead atoms. The zero-order valence-electron chi connectivity index (χ0n) is 11.5. The van der Waals surface area contributed by atoms with E-state index < -0.39 is 42.5 Å². The SMILES string of the molecule is O=C(O)C1COCCN1C(=O)C1CC(=O)N(CC(F)(F)F)C1. The van der Waals surface area contributed by atoms with E-state index in [9.17, 15) is 27.6 Å². The Morgan fingerprint density at radius 3 is 2.64 bits per heavy atom. The van der Waals surface area contributed by atoms with Gasteiger partial charge in [0.05, 0.1) is 19.1 Å². The van der Waals surface area contributed by atoms with Gasteiger partial charge in [0.25, 0.3) is 0 Å². The highest BCUT2D eigenvalue weighted by Crippen LogP contribution is 2.26. The molecule has 22 heavy (non-hydrogen) atoms. The van der Waals surface area contributed by atoms with Crippen LogP contribution in [-0.2, 0) is 19.1 Å². The molecular formula is C12H15F3N2O5. The van der Waals surface area contributed by atoms with Crippen LogP contribution in [0.2, 0.25) is 0 Å². The molecule has 1 N–H and O–H groups in total. The fourth-order valence-electron chi connectivity index (χ4n) is 2.61. The minimum absolute atomic E-state index is 0.0414. The quantitative estimate of drug-likeness (QED) is 0.771. The number of hydrogen-bond donors (Lipinski definition) is 1. The van der Waals surface area contributed by atoms with Crippen LogP contribution < -0.4 is 0 Å². The number of alkyl halides is 3. The highest BCUT2D eigenvalue weighted by atomic mass is 19.4. The molecule has 7 nitrogen and oxygen atoms in total. The van der Waals surface area contributed by atoms with Crippen LogP contribution in [0.15, 0.2) is 0 Å². The van der Waals surface area contributed by atoms with Crippen molar-refractivity contribution in [2.24, 2.45) is 5.92 Å². The lowest BCUT2D eigenvalue weighted by atomic mass is 10.1. The Bertz CT molecular complexity index is 482. The number of carboxylic acids is 1. The predicted octanol–water partition coefficient (Wildman–Crippen LogP) is -0.291. The van der Waals surface area contributed by atoms with Gasteiger partial charge in [0.1, 0.15) is 6.54 Å². The van der Waals surface area contributed by atoms with Crippen molar-refractivity contribution < 1.29 is 37.4 Å². The van der Waals surface area contributed by atoms with Gasteiger partial charge < -0.3 is 19.6 Å². The topological polar surface area (TPSA) is 87.1 Å². The number of carbonyl (C=O) groups is 3. The van der Waals surface area contributed by atoms with E-state index in [-0.39, 0.29) is 32.7 Å². The second-order valence-electron chi connectivity index (χ2n) is 5.25. The van der Waals surface area contributed by atoms with E-state index in [0.29, 0.717) is 4.90 Å². The van der Waals surface area contributed by atoms with Crippen molar-refractivity contribution in [3.63, 3.8) is 0 Å². The molecule has 2 heterocycles. The van der Waals surface area contributed by atoms with E-state index in [1.807, 2.05) is 0 Å². The number of aliphatic carboxylic acids is 1.